The van der Waals surface area contributed by atoms with Crippen molar-refractivity contribution in [2.75, 3.05) is 4.90 Å². The average Bonchev–Trinajstić information content (AvgIpc) is 3.54. The van der Waals surface area contributed by atoms with Crippen LogP contribution >= 0.6 is 0 Å². The summed E-state index contributed by atoms with van der Waals surface area (Å²) in [5, 5.41) is 4.66. The predicted molar refractivity (Wildman–Crippen MR) is 202 cm³/mol. The van der Waals surface area contributed by atoms with Gasteiger partial charge in [0.1, 0.15) is 11.2 Å². The van der Waals surface area contributed by atoms with Gasteiger partial charge in [-0.3, -0.25) is 0 Å². The molecule has 2 heteroatoms. The summed E-state index contributed by atoms with van der Waals surface area (Å²) in [6, 6.07) is 66.7. The Morgan fingerprint density at radius 2 is 0.792 bits per heavy atom. The fraction of sp³-hybridized carbons (Fsp3) is 0. The number of nitrogens with zero attached hydrogens (tertiary/aromatic N) is 1. The van der Waals surface area contributed by atoms with Gasteiger partial charge in [-0.25, -0.2) is 0 Å². The average molecular weight is 614 g/mol. The molecular weight excluding hydrogens is 583 g/mol. The van der Waals surface area contributed by atoms with Crippen LogP contribution in [0.15, 0.2) is 192 Å². The molecule has 226 valence electrons. The van der Waals surface area contributed by atoms with Crippen LogP contribution in [-0.4, -0.2) is 0 Å². The lowest BCUT2D eigenvalue weighted by Gasteiger charge is -2.25. The summed E-state index contributed by atoms with van der Waals surface area (Å²) in [5.74, 6) is 0. The van der Waals surface area contributed by atoms with Crippen LogP contribution in [0.4, 0.5) is 17.1 Å². The van der Waals surface area contributed by atoms with E-state index in [-0.39, 0.29) is 0 Å². The summed E-state index contributed by atoms with van der Waals surface area (Å²) in [7, 11) is 0. The number of hydrogen-bond donors (Lipinski definition) is 0. The summed E-state index contributed by atoms with van der Waals surface area (Å²) in [6.45, 7) is 0. The van der Waals surface area contributed by atoms with E-state index in [0.717, 1.165) is 39.0 Å². The van der Waals surface area contributed by atoms with Crippen molar-refractivity contribution in [3.05, 3.63) is 188 Å². The number of para-hydroxylation sites is 1. The van der Waals surface area contributed by atoms with Gasteiger partial charge in [-0.1, -0.05) is 140 Å². The van der Waals surface area contributed by atoms with Crippen LogP contribution in [0, 0.1) is 0 Å². The maximum Gasteiger partial charge on any atom is 0.136 e. The zero-order valence-electron chi connectivity index (χ0n) is 26.3. The number of hydrogen-bond acceptors (Lipinski definition) is 2. The molecule has 0 aliphatic heterocycles. The van der Waals surface area contributed by atoms with Gasteiger partial charge in [-0.2, -0.15) is 0 Å². The first-order valence-electron chi connectivity index (χ1n) is 16.3. The summed E-state index contributed by atoms with van der Waals surface area (Å²) >= 11 is 0. The Hall–Kier alpha value is -6.38. The normalized spacial score (nSPS) is 11.3. The molecule has 2 nitrogen and oxygen atoms in total. The minimum atomic E-state index is 0.881. The van der Waals surface area contributed by atoms with Crippen molar-refractivity contribution < 1.29 is 4.42 Å². The number of anilines is 3. The summed E-state index contributed by atoms with van der Waals surface area (Å²) in [4.78, 5) is 2.32. The quantitative estimate of drug-likeness (QED) is 0.185. The van der Waals surface area contributed by atoms with Gasteiger partial charge in [0.25, 0.3) is 0 Å². The van der Waals surface area contributed by atoms with E-state index in [1.165, 1.54) is 44.2 Å². The Labute approximate surface area is 279 Å². The molecule has 0 bridgehead atoms. The molecule has 0 fully saturated rings. The predicted octanol–water partition coefficient (Wildman–Crippen LogP) is 13.2. The molecule has 0 amide bonds. The molecule has 1 heterocycles. The maximum absolute atomic E-state index is 6.55. The van der Waals surface area contributed by atoms with Gasteiger partial charge in [0.05, 0.1) is 0 Å². The monoisotopic (exact) mass is 613 g/mol. The first-order chi connectivity index (χ1) is 23.8. The van der Waals surface area contributed by atoms with Crippen molar-refractivity contribution in [1.82, 2.24) is 0 Å². The minimum absolute atomic E-state index is 0.881. The summed E-state index contributed by atoms with van der Waals surface area (Å²) < 4.78 is 6.55. The van der Waals surface area contributed by atoms with E-state index in [0.29, 0.717) is 0 Å². The third kappa shape index (κ3) is 4.92. The first-order valence-corrected chi connectivity index (χ1v) is 16.3. The van der Waals surface area contributed by atoms with Gasteiger partial charge in [-0.05, 0) is 92.7 Å². The highest BCUT2D eigenvalue weighted by Crippen LogP contribution is 2.43. The Morgan fingerprint density at radius 3 is 1.44 bits per heavy atom. The van der Waals surface area contributed by atoms with Crippen molar-refractivity contribution in [3.8, 4) is 33.4 Å². The van der Waals surface area contributed by atoms with E-state index in [4.69, 9.17) is 4.42 Å². The zero-order chi connectivity index (χ0) is 31.9. The number of furan rings is 1. The lowest BCUT2D eigenvalue weighted by molar-refractivity contribution is 0.669. The molecular formula is C46H31NO. The minimum Gasteiger partial charge on any atom is -0.456 e. The lowest BCUT2D eigenvalue weighted by atomic mass is 9.95. The Balaban J connectivity index is 1.14. The molecule has 0 spiro atoms. The molecule has 9 rings (SSSR count). The molecule has 48 heavy (non-hydrogen) atoms. The van der Waals surface area contributed by atoms with E-state index >= 15 is 0 Å². The van der Waals surface area contributed by atoms with Gasteiger partial charge in [0.2, 0.25) is 0 Å². The molecule has 0 atom stereocenters. The van der Waals surface area contributed by atoms with Crippen molar-refractivity contribution in [2.45, 2.75) is 0 Å². The molecule has 0 unspecified atom stereocenters. The molecule has 0 saturated carbocycles. The van der Waals surface area contributed by atoms with Gasteiger partial charge < -0.3 is 9.32 Å². The molecule has 1 aromatic heterocycles. The second-order valence-corrected chi connectivity index (χ2v) is 12.2. The molecule has 0 aliphatic rings. The standard InChI is InChI=1S/C46H31NO/c1-4-12-32(13-5-1)33-20-22-34(23-21-33)35-24-26-38(27-25-35)47(37-16-8-3-9-17-37)39-28-29-44-43(30-39)46-41-19-11-10-18-40(41)42(31-45(46)48-44)36-14-6-2-7-15-36/h1-31H. The number of benzene rings is 8. The molecule has 8 aromatic carbocycles. The lowest BCUT2D eigenvalue weighted by Crippen LogP contribution is -2.09. The fourth-order valence-electron chi connectivity index (χ4n) is 6.94. The first kappa shape index (κ1) is 27.9. The molecule has 0 radical (unpaired) electrons. The van der Waals surface area contributed by atoms with Crippen LogP contribution in [0.2, 0.25) is 0 Å². The van der Waals surface area contributed by atoms with Gasteiger partial charge >= 0.3 is 0 Å². The molecule has 0 aliphatic carbocycles. The largest absolute Gasteiger partial charge is 0.456 e. The van der Waals surface area contributed by atoms with E-state index < -0.39 is 0 Å². The SMILES string of the molecule is c1ccc(-c2ccc(-c3ccc(N(c4ccccc4)c4ccc5oc6cc(-c7ccccc7)c7ccccc7c6c5c4)cc3)cc2)cc1. The van der Waals surface area contributed by atoms with Crippen molar-refractivity contribution in [3.63, 3.8) is 0 Å². The van der Waals surface area contributed by atoms with Crippen LogP contribution in [0.3, 0.4) is 0 Å². The second-order valence-electron chi connectivity index (χ2n) is 12.2. The fourth-order valence-corrected chi connectivity index (χ4v) is 6.94. The van der Waals surface area contributed by atoms with Crippen LogP contribution in [0.1, 0.15) is 0 Å². The highest BCUT2D eigenvalue weighted by Gasteiger charge is 2.18. The van der Waals surface area contributed by atoms with E-state index in [1.807, 2.05) is 0 Å². The van der Waals surface area contributed by atoms with Crippen molar-refractivity contribution in [1.29, 1.82) is 0 Å². The van der Waals surface area contributed by atoms with Gasteiger partial charge in [0, 0.05) is 27.8 Å². The molecule has 0 N–H and O–H groups in total. The van der Waals surface area contributed by atoms with Crippen LogP contribution in [-0.2, 0) is 0 Å². The van der Waals surface area contributed by atoms with E-state index in [9.17, 15) is 0 Å². The van der Waals surface area contributed by atoms with Crippen LogP contribution < -0.4 is 4.90 Å². The molecule has 9 aromatic rings. The van der Waals surface area contributed by atoms with Crippen LogP contribution in [0.25, 0.3) is 66.1 Å². The second kappa shape index (κ2) is 11.8. The van der Waals surface area contributed by atoms with Crippen molar-refractivity contribution in [2.24, 2.45) is 0 Å². The topological polar surface area (TPSA) is 16.4 Å². The molecule has 0 saturated heterocycles. The van der Waals surface area contributed by atoms with Crippen LogP contribution in [0.5, 0.6) is 0 Å². The summed E-state index contributed by atoms with van der Waals surface area (Å²) in [6.07, 6.45) is 0. The number of rotatable bonds is 6. The van der Waals surface area contributed by atoms with E-state index in [2.05, 4.69) is 193 Å². The highest BCUT2D eigenvalue weighted by atomic mass is 16.3. The highest BCUT2D eigenvalue weighted by molar-refractivity contribution is 6.22. The zero-order valence-corrected chi connectivity index (χ0v) is 26.3. The summed E-state index contributed by atoms with van der Waals surface area (Å²) in [5.41, 5.74) is 12.2. The number of fused-ring (bicyclic) bond motifs is 5. The van der Waals surface area contributed by atoms with Gasteiger partial charge in [-0.15, -0.1) is 0 Å². The Morgan fingerprint density at radius 1 is 0.312 bits per heavy atom. The van der Waals surface area contributed by atoms with Crippen molar-refractivity contribution >= 4 is 49.8 Å². The van der Waals surface area contributed by atoms with E-state index in [1.54, 1.807) is 0 Å². The van der Waals surface area contributed by atoms with Gasteiger partial charge in [0.15, 0.2) is 0 Å². The Kier molecular flexibility index (Phi) is 6.84. The third-order valence-corrected chi connectivity index (χ3v) is 9.27. The Bertz CT molecular complexity index is 2520. The smallest absolute Gasteiger partial charge is 0.136 e. The third-order valence-electron chi connectivity index (χ3n) is 9.27. The maximum atomic E-state index is 6.55.